The van der Waals surface area contributed by atoms with Crippen LogP contribution in [0.1, 0.15) is 37.8 Å². The number of benzene rings is 1. The Morgan fingerprint density at radius 3 is 2.40 bits per heavy atom. The summed E-state index contributed by atoms with van der Waals surface area (Å²) in [6.45, 7) is 12.3. The largest absolute Gasteiger partial charge is 0.496 e. The molecule has 0 aliphatic carbocycles. The summed E-state index contributed by atoms with van der Waals surface area (Å²) in [5.41, 5.74) is 2.56. The number of amides is 1. The fourth-order valence-corrected chi connectivity index (χ4v) is 3.62. The van der Waals surface area contributed by atoms with E-state index in [0.29, 0.717) is 12.6 Å². The molecule has 5 heteroatoms. The summed E-state index contributed by atoms with van der Waals surface area (Å²) < 4.78 is 5.50. The summed E-state index contributed by atoms with van der Waals surface area (Å²) in [5, 5.41) is 3.15. The number of carbonyl (C=O) groups is 1. The van der Waals surface area contributed by atoms with Gasteiger partial charge in [0, 0.05) is 11.6 Å². The quantitative estimate of drug-likeness (QED) is 0.598. The van der Waals surface area contributed by atoms with Crippen LogP contribution in [0.4, 0.5) is 0 Å². The molecule has 1 fully saturated rings. The lowest BCUT2D eigenvalue weighted by atomic mass is 10.1. The third-order valence-corrected chi connectivity index (χ3v) is 5.30. The van der Waals surface area contributed by atoms with E-state index in [0.717, 1.165) is 51.3 Å². The van der Waals surface area contributed by atoms with Crippen LogP contribution in [-0.2, 0) is 11.3 Å². The van der Waals surface area contributed by atoms with Crippen LogP contribution in [0.15, 0.2) is 18.2 Å². The summed E-state index contributed by atoms with van der Waals surface area (Å²) in [4.78, 5) is 15.2. The first-order valence-electron chi connectivity index (χ1n) is 9.65. The van der Waals surface area contributed by atoms with Gasteiger partial charge >= 0.3 is 0 Å². The molecule has 0 spiro atoms. The molecular weight excluding hydrogens is 314 g/mol. The van der Waals surface area contributed by atoms with Gasteiger partial charge in [-0.3, -0.25) is 4.79 Å². The average molecular weight is 350 g/mol. The molecule has 0 aromatic heterocycles. The second-order valence-electron chi connectivity index (χ2n) is 7.25. The average Bonchev–Trinajstić information content (AvgIpc) is 2.61. The predicted molar refractivity (Wildman–Crippen MR) is 100 cm³/mol. The highest BCUT2D eigenvalue weighted by Crippen LogP contribution is 2.18. The maximum absolute atomic E-state index is 12.2. The van der Waals surface area contributed by atoms with Crippen LogP contribution >= 0.6 is 0 Å². The van der Waals surface area contributed by atoms with Crippen molar-refractivity contribution in [3.8, 4) is 5.75 Å². The fourth-order valence-electron chi connectivity index (χ4n) is 3.62. The van der Waals surface area contributed by atoms with Crippen LogP contribution in [0, 0.1) is 6.92 Å². The molecule has 0 saturated carbocycles. The summed E-state index contributed by atoms with van der Waals surface area (Å²) in [7, 11) is 1.74. The molecule has 0 radical (unpaired) electrons. The van der Waals surface area contributed by atoms with Gasteiger partial charge in [-0.2, -0.15) is 0 Å². The van der Waals surface area contributed by atoms with Crippen molar-refractivity contribution in [1.82, 2.24) is 5.32 Å². The minimum Gasteiger partial charge on any atom is -0.496 e. The van der Waals surface area contributed by atoms with Crippen LogP contribution in [0.25, 0.3) is 0 Å². The second-order valence-corrected chi connectivity index (χ2v) is 7.25. The monoisotopic (exact) mass is 349 g/mol. The SMILES string of the molecule is CCC(CC)NC(=O)C[NH+]1CC[NH+](Cc2cc(C)ccc2OC)CC1. The van der Waals surface area contributed by atoms with Gasteiger partial charge in [0.05, 0.1) is 7.11 Å². The standard InChI is InChI=1S/C20H33N3O2/c1-5-18(6-2)21-20(24)15-23-11-9-22(10-12-23)14-17-13-16(3)7-8-19(17)25-4/h7-8,13,18H,5-6,9-12,14-15H2,1-4H3,(H,21,24)/p+2. The van der Waals surface area contributed by atoms with Crippen molar-refractivity contribution in [2.24, 2.45) is 0 Å². The number of hydrogen-bond donors (Lipinski definition) is 3. The number of methoxy groups -OCH3 is 1. The number of quaternary nitrogens is 2. The Bertz CT molecular complexity index is 550. The Hall–Kier alpha value is -1.59. The van der Waals surface area contributed by atoms with Crippen LogP contribution < -0.4 is 19.9 Å². The molecule has 1 aromatic carbocycles. The van der Waals surface area contributed by atoms with E-state index in [9.17, 15) is 4.79 Å². The molecule has 2 rings (SSSR count). The van der Waals surface area contributed by atoms with Gasteiger partial charge in [0.25, 0.3) is 5.91 Å². The number of aryl methyl sites for hydroxylation is 1. The molecule has 0 atom stereocenters. The first kappa shape index (κ1) is 19.7. The van der Waals surface area contributed by atoms with Crippen molar-refractivity contribution in [1.29, 1.82) is 0 Å². The number of hydrogen-bond acceptors (Lipinski definition) is 2. The van der Waals surface area contributed by atoms with Gasteiger partial charge in [0.1, 0.15) is 38.5 Å². The highest BCUT2D eigenvalue weighted by Gasteiger charge is 2.26. The molecule has 0 unspecified atom stereocenters. The minimum atomic E-state index is 0.201. The van der Waals surface area contributed by atoms with Crippen molar-refractivity contribution in [3.05, 3.63) is 29.3 Å². The molecule has 5 nitrogen and oxygen atoms in total. The Morgan fingerprint density at radius 2 is 1.80 bits per heavy atom. The molecule has 1 heterocycles. The zero-order chi connectivity index (χ0) is 18.2. The zero-order valence-electron chi connectivity index (χ0n) is 16.3. The van der Waals surface area contributed by atoms with Gasteiger partial charge in [-0.1, -0.05) is 25.5 Å². The number of nitrogens with one attached hydrogen (secondary N) is 3. The third kappa shape index (κ3) is 6.01. The van der Waals surface area contributed by atoms with Gasteiger partial charge in [0.2, 0.25) is 0 Å². The molecule has 1 aromatic rings. The molecule has 3 N–H and O–H groups in total. The van der Waals surface area contributed by atoms with Crippen LogP contribution in [0.5, 0.6) is 5.75 Å². The Balaban J connectivity index is 1.80. The smallest absolute Gasteiger partial charge is 0.275 e. The summed E-state index contributed by atoms with van der Waals surface area (Å²) in [5.74, 6) is 1.19. The Labute approximate surface area is 152 Å². The van der Waals surface area contributed by atoms with Crippen LogP contribution in [0.3, 0.4) is 0 Å². The van der Waals surface area contributed by atoms with Gasteiger partial charge in [0.15, 0.2) is 6.54 Å². The van der Waals surface area contributed by atoms with E-state index in [1.165, 1.54) is 16.0 Å². The maximum atomic E-state index is 12.2. The summed E-state index contributed by atoms with van der Waals surface area (Å²) >= 11 is 0. The van der Waals surface area contributed by atoms with Crippen LogP contribution in [-0.4, -0.2) is 51.8 Å². The zero-order valence-corrected chi connectivity index (χ0v) is 16.3. The predicted octanol–water partition coefficient (Wildman–Crippen LogP) is -0.408. The number of rotatable bonds is 8. The molecule has 0 bridgehead atoms. The lowest BCUT2D eigenvalue weighted by Crippen LogP contribution is -3.28. The molecule has 1 saturated heterocycles. The lowest BCUT2D eigenvalue weighted by Gasteiger charge is -2.30. The van der Waals surface area contributed by atoms with Crippen molar-refractivity contribution in [2.45, 2.75) is 46.2 Å². The normalized spacial score (nSPS) is 20.5. The number of piperazine rings is 1. The van der Waals surface area contributed by atoms with E-state index in [-0.39, 0.29) is 5.91 Å². The molecule has 1 aliphatic rings. The highest BCUT2D eigenvalue weighted by molar-refractivity contribution is 5.77. The fraction of sp³-hybridized carbons (Fsp3) is 0.650. The van der Waals surface area contributed by atoms with E-state index in [4.69, 9.17) is 4.74 Å². The first-order chi connectivity index (χ1) is 12.0. The summed E-state index contributed by atoms with van der Waals surface area (Å²) in [6.07, 6.45) is 2.02. The first-order valence-corrected chi connectivity index (χ1v) is 9.65. The maximum Gasteiger partial charge on any atom is 0.275 e. The van der Waals surface area contributed by atoms with E-state index in [2.05, 4.69) is 44.3 Å². The Morgan fingerprint density at radius 1 is 1.16 bits per heavy atom. The molecule has 25 heavy (non-hydrogen) atoms. The van der Waals surface area contributed by atoms with Crippen LogP contribution in [0.2, 0.25) is 0 Å². The lowest BCUT2D eigenvalue weighted by molar-refractivity contribution is -1.02. The van der Waals surface area contributed by atoms with Gasteiger partial charge in [-0.05, 0) is 31.9 Å². The Kier molecular flexibility index (Phi) is 7.72. The minimum absolute atomic E-state index is 0.201. The van der Waals surface area contributed by atoms with E-state index < -0.39 is 0 Å². The second kappa shape index (κ2) is 9.78. The molecule has 140 valence electrons. The van der Waals surface area contributed by atoms with Crippen molar-refractivity contribution in [2.75, 3.05) is 39.8 Å². The van der Waals surface area contributed by atoms with E-state index >= 15 is 0 Å². The van der Waals surface area contributed by atoms with Gasteiger partial charge < -0.3 is 19.9 Å². The number of ether oxygens (including phenoxy) is 1. The third-order valence-electron chi connectivity index (χ3n) is 5.30. The van der Waals surface area contributed by atoms with Crippen molar-refractivity contribution in [3.63, 3.8) is 0 Å². The highest BCUT2D eigenvalue weighted by atomic mass is 16.5. The molecule has 1 amide bonds. The molecule has 1 aliphatic heterocycles. The van der Waals surface area contributed by atoms with E-state index in [1.54, 1.807) is 12.0 Å². The topological polar surface area (TPSA) is 47.2 Å². The number of carbonyl (C=O) groups excluding carboxylic acids is 1. The molecular formula is C20H35N3O2+2. The van der Waals surface area contributed by atoms with Gasteiger partial charge in [-0.25, -0.2) is 0 Å². The van der Waals surface area contributed by atoms with E-state index in [1.807, 2.05) is 0 Å². The van der Waals surface area contributed by atoms with Crippen molar-refractivity contribution < 1.29 is 19.3 Å². The summed E-state index contributed by atoms with van der Waals surface area (Å²) in [6, 6.07) is 6.72. The van der Waals surface area contributed by atoms with Crippen molar-refractivity contribution >= 4 is 5.91 Å². The van der Waals surface area contributed by atoms with Gasteiger partial charge in [-0.15, -0.1) is 0 Å².